The van der Waals surface area contributed by atoms with Crippen molar-refractivity contribution in [2.45, 2.75) is 24.9 Å². The van der Waals surface area contributed by atoms with Crippen molar-refractivity contribution in [1.82, 2.24) is 15.2 Å². The summed E-state index contributed by atoms with van der Waals surface area (Å²) >= 11 is 1.23. The lowest BCUT2D eigenvalue weighted by Crippen LogP contribution is -2.14. The van der Waals surface area contributed by atoms with Gasteiger partial charge in [0.2, 0.25) is 17.0 Å². The number of hydrazone groups is 1. The molecule has 30 heavy (non-hydrogen) atoms. The van der Waals surface area contributed by atoms with E-state index < -0.39 is 0 Å². The van der Waals surface area contributed by atoms with E-state index in [2.05, 4.69) is 37.9 Å². The van der Waals surface area contributed by atoms with Gasteiger partial charge in [-0.1, -0.05) is 61.5 Å². The van der Waals surface area contributed by atoms with Crippen molar-refractivity contribution >= 4 is 35.5 Å². The molecule has 3 aromatic rings. The standard InChI is InChI=1S/C21H24N6O2S/c1-2-3-12-29-18-11-7-10-17(13-18)23-19(28)15-30-21-24-20(26-27-21)25-22-14-16-8-5-4-6-9-16/h4-11,13-14H,2-3,12,15H2,1H3,(H,23,28)(H2,24,25,26,27)/b22-14+. The van der Waals surface area contributed by atoms with Crippen molar-refractivity contribution in [2.75, 3.05) is 23.1 Å². The van der Waals surface area contributed by atoms with Gasteiger partial charge >= 0.3 is 0 Å². The third-order valence-corrected chi connectivity index (χ3v) is 4.71. The fourth-order valence-corrected chi connectivity index (χ4v) is 2.99. The number of amides is 1. The smallest absolute Gasteiger partial charge is 0.240 e. The molecule has 1 amide bonds. The van der Waals surface area contributed by atoms with Crippen LogP contribution in [0.3, 0.4) is 0 Å². The molecule has 156 valence electrons. The van der Waals surface area contributed by atoms with Gasteiger partial charge < -0.3 is 10.1 Å². The van der Waals surface area contributed by atoms with Crippen molar-refractivity contribution in [3.8, 4) is 5.75 Å². The zero-order valence-electron chi connectivity index (χ0n) is 16.7. The molecule has 9 heteroatoms. The van der Waals surface area contributed by atoms with Gasteiger partial charge in [-0.05, 0) is 24.1 Å². The van der Waals surface area contributed by atoms with E-state index in [0.29, 0.717) is 23.4 Å². The number of rotatable bonds is 11. The molecular weight excluding hydrogens is 400 g/mol. The summed E-state index contributed by atoms with van der Waals surface area (Å²) in [5.74, 6) is 1.19. The molecule has 0 radical (unpaired) electrons. The molecule has 0 unspecified atom stereocenters. The number of H-pyrrole nitrogens is 1. The Morgan fingerprint density at radius 2 is 2.10 bits per heavy atom. The number of carbonyl (C=O) groups excluding carboxylic acids is 1. The number of carbonyl (C=O) groups is 1. The Balaban J connectivity index is 1.43. The number of thioether (sulfide) groups is 1. The third kappa shape index (κ3) is 7.25. The Kier molecular flexibility index (Phi) is 8.28. The number of nitrogens with zero attached hydrogens (tertiary/aromatic N) is 3. The second-order valence-electron chi connectivity index (χ2n) is 6.31. The zero-order valence-corrected chi connectivity index (χ0v) is 17.5. The number of nitrogens with one attached hydrogen (secondary N) is 3. The van der Waals surface area contributed by atoms with Gasteiger partial charge in [0.1, 0.15) is 5.75 Å². The number of anilines is 2. The number of hydrogen-bond acceptors (Lipinski definition) is 7. The summed E-state index contributed by atoms with van der Waals surface area (Å²) < 4.78 is 5.66. The predicted octanol–water partition coefficient (Wildman–Crippen LogP) is 4.16. The minimum atomic E-state index is -0.146. The minimum Gasteiger partial charge on any atom is -0.494 e. The number of hydrogen-bond donors (Lipinski definition) is 3. The third-order valence-electron chi connectivity index (χ3n) is 3.87. The summed E-state index contributed by atoms with van der Waals surface area (Å²) in [6.07, 6.45) is 3.76. The molecule has 1 heterocycles. The van der Waals surface area contributed by atoms with Crippen LogP contribution in [0.2, 0.25) is 0 Å². The SMILES string of the molecule is CCCCOc1cccc(NC(=O)CSc2n[nH]c(N/N=C/c3ccccc3)n2)c1. The summed E-state index contributed by atoms with van der Waals surface area (Å²) in [4.78, 5) is 16.5. The fraction of sp³-hybridized carbons (Fsp3) is 0.238. The lowest BCUT2D eigenvalue weighted by molar-refractivity contribution is -0.113. The van der Waals surface area contributed by atoms with Crippen LogP contribution in [0.15, 0.2) is 64.9 Å². The first-order valence-corrected chi connectivity index (χ1v) is 10.6. The van der Waals surface area contributed by atoms with Crippen molar-refractivity contribution in [2.24, 2.45) is 5.10 Å². The summed E-state index contributed by atoms with van der Waals surface area (Å²) in [6.45, 7) is 2.78. The van der Waals surface area contributed by atoms with Gasteiger partial charge in [-0.25, -0.2) is 10.5 Å². The Bertz CT molecular complexity index is 961. The molecule has 8 nitrogen and oxygen atoms in total. The average molecular weight is 425 g/mol. The van der Waals surface area contributed by atoms with Gasteiger partial charge in [0.05, 0.1) is 18.6 Å². The monoisotopic (exact) mass is 424 g/mol. The van der Waals surface area contributed by atoms with Crippen LogP contribution in [-0.2, 0) is 4.79 Å². The van der Waals surface area contributed by atoms with Gasteiger partial charge in [-0.15, -0.1) is 5.10 Å². The molecule has 1 aromatic heterocycles. The first-order chi connectivity index (χ1) is 14.7. The number of aromatic amines is 1. The Labute approximate surface area is 179 Å². The summed E-state index contributed by atoms with van der Waals surface area (Å²) in [7, 11) is 0. The highest BCUT2D eigenvalue weighted by atomic mass is 32.2. The van der Waals surface area contributed by atoms with Crippen LogP contribution in [0.5, 0.6) is 5.75 Å². The van der Waals surface area contributed by atoms with Crippen LogP contribution >= 0.6 is 11.8 Å². The molecule has 0 atom stereocenters. The molecule has 0 aliphatic rings. The molecular formula is C21H24N6O2S. The highest BCUT2D eigenvalue weighted by Crippen LogP contribution is 2.19. The zero-order chi connectivity index (χ0) is 21.0. The number of unbranched alkanes of at least 4 members (excludes halogenated alkanes) is 1. The number of ether oxygens (including phenoxy) is 1. The molecule has 3 rings (SSSR count). The molecule has 0 aliphatic carbocycles. The molecule has 0 fully saturated rings. The molecule has 3 N–H and O–H groups in total. The van der Waals surface area contributed by atoms with E-state index in [4.69, 9.17) is 4.74 Å². The van der Waals surface area contributed by atoms with Gasteiger partial charge in [0, 0.05) is 11.8 Å². The van der Waals surface area contributed by atoms with Crippen molar-refractivity contribution in [3.63, 3.8) is 0 Å². The molecule has 0 bridgehead atoms. The summed E-state index contributed by atoms with van der Waals surface area (Å²) in [5, 5.41) is 14.2. The first-order valence-electron chi connectivity index (χ1n) is 9.65. The van der Waals surface area contributed by atoms with E-state index in [1.165, 1.54) is 11.8 Å². The maximum absolute atomic E-state index is 12.2. The van der Waals surface area contributed by atoms with Crippen molar-refractivity contribution in [3.05, 3.63) is 60.2 Å². The Hall–Kier alpha value is -3.33. The molecule has 0 saturated heterocycles. The van der Waals surface area contributed by atoms with Crippen LogP contribution in [0.4, 0.5) is 11.6 Å². The van der Waals surface area contributed by atoms with Gasteiger partial charge in [-0.3, -0.25) is 4.79 Å². The van der Waals surface area contributed by atoms with E-state index in [-0.39, 0.29) is 11.7 Å². The van der Waals surface area contributed by atoms with Crippen LogP contribution in [0, 0.1) is 0 Å². The lowest BCUT2D eigenvalue weighted by atomic mass is 10.2. The van der Waals surface area contributed by atoms with E-state index in [9.17, 15) is 4.79 Å². The second-order valence-corrected chi connectivity index (χ2v) is 7.26. The maximum Gasteiger partial charge on any atom is 0.240 e. The van der Waals surface area contributed by atoms with Gasteiger partial charge in [0.15, 0.2) is 0 Å². The van der Waals surface area contributed by atoms with Crippen molar-refractivity contribution in [1.29, 1.82) is 0 Å². The van der Waals surface area contributed by atoms with Crippen LogP contribution in [0.25, 0.3) is 0 Å². The summed E-state index contributed by atoms with van der Waals surface area (Å²) in [6, 6.07) is 17.1. The quantitative estimate of drug-likeness (QED) is 0.185. The van der Waals surface area contributed by atoms with Gasteiger partial charge in [-0.2, -0.15) is 10.1 Å². The Morgan fingerprint density at radius 1 is 1.23 bits per heavy atom. The van der Waals surface area contributed by atoms with E-state index >= 15 is 0 Å². The minimum absolute atomic E-state index is 0.146. The largest absolute Gasteiger partial charge is 0.494 e. The predicted molar refractivity (Wildman–Crippen MR) is 120 cm³/mol. The normalized spacial score (nSPS) is 10.8. The van der Waals surface area contributed by atoms with E-state index in [0.717, 1.165) is 24.2 Å². The fourth-order valence-electron chi connectivity index (χ4n) is 2.39. The molecule has 0 spiro atoms. The maximum atomic E-state index is 12.2. The number of benzene rings is 2. The molecule has 0 saturated carbocycles. The average Bonchev–Trinajstić information content (AvgIpc) is 3.21. The topological polar surface area (TPSA) is 104 Å². The van der Waals surface area contributed by atoms with E-state index in [1.54, 1.807) is 6.21 Å². The highest BCUT2D eigenvalue weighted by Gasteiger charge is 2.08. The highest BCUT2D eigenvalue weighted by molar-refractivity contribution is 7.99. The van der Waals surface area contributed by atoms with Crippen molar-refractivity contribution < 1.29 is 9.53 Å². The first kappa shape index (κ1) is 21.4. The summed E-state index contributed by atoms with van der Waals surface area (Å²) in [5.41, 5.74) is 4.45. The van der Waals surface area contributed by atoms with E-state index in [1.807, 2.05) is 54.6 Å². The number of aromatic nitrogens is 3. The van der Waals surface area contributed by atoms with Crippen LogP contribution < -0.4 is 15.5 Å². The van der Waals surface area contributed by atoms with Gasteiger partial charge in [0.25, 0.3) is 0 Å². The second kappa shape index (κ2) is 11.6. The molecule has 2 aromatic carbocycles. The molecule has 0 aliphatic heterocycles. The lowest BCUT2D eigenvalue weighted by Gasteiger charge is -2.08. The van der Waals surface area contributed by atoms with Crippen LogP contribution in [0.1, 0.15) is 25.3 Å². The Morgan fingerprint density at radius 3 is 2.93 bits per heavy atom. The van der Waals surface area contributed by atoms with Crippen LogP contribution in [-0.4, -0.2) is 39.7 Å².